The minimum Gasteiger partial charge on any atom is -0.466 e. The molecule has 0 saturated heterocycles. The lowest BCUT2D eigenvalue weighted by Gasteiger charge is -2.15. The molecule has 1 atom stereocenters. The van der Waals surface area contributed by atoms with Crippen molar-refractivity contribution in [3.63, 3.8) is 0 Å². The second-order valence-corrected chi connectivity index (χ2v) is 5.23. The molecule has 0 bridgehead atoms. The van der Waals surface area contributed by atoms with Crippen molar-refractivity contribution in [1.29, 1.82) is 0 Å². The average molecular weight is 331 g/mol. The fraction of sp³-hybridized carbons (Fsp3) is 0.231. The molecule has 96 valence electrons. The van der Waals surface area contributed by atoms with E-state index in [-0.39, 0.29) is 12.6 Å². The molecule has 0 aliphatic rings. The quantitative estimate of drug-likeness (QED) is 0.875. The molecular weight excluding hydrogens is 318 g/mol. The molecule has 0 spiro atoms. The molecule has 2 N–H and O–H groups in total. The molecule has 2 aromatic rings. The number of hydrogen-bond donors (Lipinski definition) is 2. The van der Waals surface area contributed by atoms with Crippen LogP contribution in [0.15, 0.2) is 39.4 Å². The Morgan fingerprint density at radius 3 is 2.83 bits per heavy atom. The van der Waals surface area contributed by atoms with Crippen LogP contribution < -0.4 is 5.32 Å². The predicted octanol–water partition coefficient (Wildman–Crippen LogP) is 4.36. The number of aliphatic hydroxyl groups excluding tert-OH is 1. The van der Waals surface area contributed by atoms with E-state index < -0.39 is 0 Å². The van der Waals surface area contributed by atoms with Crippen LogP contribution in [0.3, 0.4) is 0 Å². The molecule has 18 heavy (non-hydrogen) atoms. The van der Waals surface area contributed by atoms with Gasteiger partial charge in [-0.25, -0.2) is 0 Å². The smallest absolute Gasteiger partial charge is 0.139 e. The zero-order valence-electron chi connectivity index (χ0n) is 9.78. The minimum atomic E-state index is -0.0270. The number of nitrogens with one attached hydrogen (secondary N) is 1. The summed E-state index contributed by atoms with van der Waals surface area (Å²) in [4.78, 5) is 0. The van der Waals surface area contributed by atoms with Gasteiger partial charge >= 0.3 is 0 Å². The Hall–Kier alpha value is -0.970. The highest BCUT2D eigenvalue weighted by Gasteiger charge is 2.14. The van der Waals surface area contributed by atoms with E-state index in [1.54, 1.807) is 18.4 Å². The van der Waals surface area contributed by atoms with Crippen LogP contribution in [-0.2, 0) is 6.61 Å². The third-order valence-corrected chi connectivity index (χ3v) is 3.61. The summed E-state index contributed by atoms with van der Waals surface area (Å²) >= 11 is 9.53. The van der Waals surface area contributed by atoms with E-state index in [9.17, 15) is 0 Å². The number of furan rings is 1. The number of hydrogen-bond acceptors (Lipinski definition) is 3. The Balaban J connectivity index is 2.21. The molecule has 2 rings (SSSR count). The van der Waals surface area contributed by atoms with E-state index in [1.807, 2.05) is 19.1 Å². The Kier molecular flexibility index (Phi) is 4.32. The first-order valence-electron chi connectivity index (χ1n) is 5.50. The molecule has 0 amide bonds. The van der Waals surface area contributed by atoms with Gasteiger partial charge < -0.3 is 14.8 Å². The normalized spacial score (nSPS) is 12.4. The number of anilines is 1. The molecule has 0 fully saturated rings. The molecular formula is C13H13BrClNO2. The van der Waals surface area contributed by atoms with Crippen molar-refractivity contribution in [3.05, 3.63) is 51.3 Å². The summed E-state index contributed by atoms with van der Waals surface area (Å²) in [6.07, 6.45) is 1.63. The average Bonchev–Trinajstić information content (AvgIpc) is 2.78. The highest BCUT2D eigenvalue weighted by atomic mass is 79.9. The number of benzene rings is 1. The zero-order chi connectivity index (χ0) is 13.1. The molecule has 1 heterocycles. The van der Waals surface area contributed by atoms with Crippen molar-refractivity contribution in [1.82, 2.24) is 0 Å². The molecule has 0 saturated carbocycles. The van der Waals surface area contributed by atoms with Crippen molar-refractivity contribution in [2.45, 2.75) is 19.6 Å². The van der Waals surface area contributed by atoms with Crippen molar-refractivity contribution >= 4 is 33.2 Å². The minimum absolute atomic E-state index is 0.00925. The maximum Gasteiger partial charge on any atom is 0.139 e. The van der Waals surface area contributed by atoms with Gasteiger partial charge in [0.2, 0.25) is 0 Å². The summed E-state index contributed by atoms with van der Waals surface area (Å²) < 4.78 is 6.31. The molecule has 1 aromatic carbocycles. The van der Waals surface area contributed by atoms with Crippen molar-refractivity contribution in [2.75, 3.05) is 5.32 Å². The van der Waals surface area contributed by atoms with Crippen molar-refractivity contribution in [2.24, 2.45) is 0 Å². The first kappa shape index (κ1) is 13.5. The van der Waals surface area contributed by atoms with Crippen LogP contribution in [0.1, 0.15) is 24.3 Å². The van der Waals surface area contributed by atoms with Crippen molar-refractivity contribution in [3.8, 4) is 0 Å². The van der Waals surface area contributed by atoms with Crippen LogP contribution >= 0.6 is 27.5 Å². The molecule has 0 aliphatic heterocycles. The highest BCUT2D eigenvalue weighted by molar-refractivity contribution is 9.10. The van der Waals surface area contributed by atoms with Crippen LogP contribution in [-0.4, -0.2) is 5.11 Å². The maximum atomic E-state index is 9.12. The number of aliphatic hydroxyl groups is 1. The van der Waals surface area contributed by atoms with Gasteiger partial charge in [-0.15, -0.1) is 0 Å². The Morgan fingerprint density at radius 2 is 2.22 bits per heavy atom. The summed E-state index contributed by atoms with van der Waals surface area (Å²) in [5.41, 5.74) is 1.59. The van der Waals surface area contributed by atoms with Crippen LogP contribution in [0.2, 0.25) is 5.02 Å². The number of halogens is 2. The molecule has 5 heteroatoms. The van der Waals surface area contributed by atoms with E-state index in [4.69, 9.17) is 21.1 Å². The molecule has 0 radical (unpaired) electrons. The van der Waals surface area contributed by atoms with Gasteiger partial charge in [0, 0.05) is 0 Å². The Bertz CT molecular complexity index is 542. The van der Waals surface area contributed by atoms with Crippen molar-refractivity contribution < 1.29 is 9.52 Å². The van der Waals surface area contributed by atoms with E-state index in [0.717, 1.165) is 21.5 Å². The van der Waals surface area contributed by atoms with E-state index in [2.05, 4.69) is 21.2 Å². The maximum absolute atomic E-state index is 9.12. The van der Waals surface area contributed by atoms with Gasteiger partial charge in [-0.3, -0.25) is 0 Å². The predicted molar refractivity (Wildman–Crippen MR) is 75.8 cm³/mol. The third-order valence-electron chi connectivity index (χ3n) is 2.62. The van der Waals surface area contributed by atoms with Gasteiger partial charge in [-0.1, -0.05) is 17.7 Å². The first-order valence-corrected chi connectivity index (χ1v) is 6.67. The monoisotopic (exact) mass is 329 g/mol. The van der Waals surface area contributed by atoms with Gasteiger partial charge in [0.05, 0.1) is 34.1 Å². The van der Waals surface area contributed by atoms with E-state index in [0.29, 0.717) is 5.02 Å². The van der Waals surface area contributed by atoms with Gasteiger partial charge in [0.25, 0.3) is 0 Å². The second-order valence-electron chi connectivity index (χ2n) is 3.97. The Labute approximate surface area is 119 Å². The second kappa shape index (κ2) is 5.78. The Morgan fingerprint density at radius 1 is 1.44 bits per heavy atom. The van der Waals surface area contributed by atoms with E-state index in [1.165, 1.54) is 0 Å². The standard InChI is InChI=1S/C13H13BrClNO2/c1-8(13-10(14)4-5-18-13)16-12-6-9(7-17)2-3-11(12)15/h2-6,8,16-17H,7H2,1H3. The van der Waals surface area contributed by atoms with Crippen LogP contribution in [0, 0.1) is 0 Å². The lowest BCUT2D eigenvalue weighted by atomic mass is 10.2. The number of rotatable bonds is 4. The molecule has 0 aliphatic carbocycles. The molecule has 1 aromatic heterocycles. The summed E-state index contributed by atoms with van der Waals surface area (Å²) in [5.74, 6) is 0.806. The van der Waals surface area contributed by atoms with Crippen LogP contribution in [0.5, 0.6) is 0 Å². The molecule has 3 nitrogen and oxygen atoms in total. The lowest BCUT2D eigenvalue weighted by Crippen LogP contribution is -2.07. The highest BCUT2D eigenvalue weighted by Crippen LogP contribution is 2.30. The largest absolute Gasteiger partial charge is 0.466 e. The SMILES string of the molecule is CC(Nc1cc(CO)ccc1Cl)c1occc1Br. The summed E-state index contributed by atoms with van der Waals surface area (Å²) in [5, 5.41) is 13.0. The zero-order valence-corrected chi connectivity index (χ0v) is 12.1. The van der Waals surface area contributed by atoms with Gasteiger partial charge in [0.1, 0.15) is 5.76 Å². The summed E-state index contributed by atoms with van der Waals surface area (Å²) in [6.45, 7) is 1.97. The van der Waals surface area contributed by atoms with Crippen LogP contribution in [0.4, 0.5) is 5.69 Å². The van der Waals surface area contributed by atoms with Gasteiger partial charge in [-0.05, 0) is 46.6 Å². The summed E-state index contributed by atoms with van der Waals surface area (Å²) in [6, 6.07) is 7.20. The lowest BCUT2D eigenvalue weighted by molar-refractivity contribution is 0.282. The topological polar surface area (TPSA) is 45.4 Å². The fourth-order valence-electron chi connectivity index (χ4n) is 1.69. The molecule has 1 unspecified atom stereocenters. The van der Waals surface area contributed by atoms with Crippen LogP contribution in [0.25, 0.3) is 0 Å². The third kappa shape index (κ3) is 2.88. The first-order chi connectivity index (χ1) is 8.61. The van der Waals surface area contributed by atoms with Gasteiger partial charge in [0.15, 0.2) is 0 Å². The summed E-state index contributed by atoms with van der Waals surface area (Å²) in [7, 11) is 0. The van der Waals surface area contributed by atoms with Gasteiger partial charge in [-0.2, -0.15) is 0 Å². The fourth-order valence-corrected chi connectivity index (χ4v) is 2.41. The van der Waals surface area contributed by atoms with E-state index >= 15 is 0 Å².